The molecule has 1 aliphatic carbocycles. The first kappa shape index (κ1) is 9.46. The largest absolute Gasteiger partial charge is 0.328 e. The molecule has 0 aromatic heterocycles. The second kappa shape index (κ2) is 4.41. The Morgan fingerprint density at radius 1 is 1.42 bits per heavy atom. The van der Waals surface area contributed by atoms with Gasteiger partial charge in [0.1, 0.15) is 5.78 Å². The molecule has 2 N–H and O–H groups in total. The van der Waals surface area contributed by atoms with Crippen LogP contribution in [-0.2, 0) is 4.79 Å². The lowest BCUT2D eigenvalue weighted by Gasteiger charge is -2.24. The molecule has 0 spiro atoms. The van der Waals surface area contributed by atoms with Crippen molar-refractivity contribution in [3.05, 3.63) is 12.7 Å². The summed E-state index contributed by atoms with van der Waals surface area (Å²) in [5.74, 6) is 0.611. The van der Waals surface area contributed by atoms with Crippen molar-refractivity contribution in [2.45, 2.75) is 38.1 Å². The number of hydrogen-bond acceptors (Lipinski definition) is 2. The normalized spacial score (nSPS) is 29.8. The average Bonchev–Trinajstić information content (AvgIpc) is 2.06. The molecule has 0 radical (unpaired) electrons. The molecule has 2 heteroatoms. The predicted molar refractivity (Wildman–Crippen MR) is 49.8 cm³/mol. The van der Waals surface area contributed by atoms with Crippen LogP contribution in [0.25, 0.3) is 0 Å². The van der Waals surface area contributed by atoms with E-state index >= 15 is 0 Å². The van der Waals surface area contributed by atoms with E-state index in [0.29, 0.717) is 18.2 Å². The number of carbonyl (C=O) groups is 1. The summed E-state index contributed by atoms with van der Waals surface area (Å²) in [7, 11) is 0. The molecule has 0 aliphatic heterocycles. The number of carbonyl (C=O) groups excluding carboxylic acids is 1. The van der Waals surface area contributed by atoms with Crippen molar-refractivity contribution in [3.63, 3.8) is 0 Å². The maximum atomic E-state index is 11.4. The Hall–Kier alpha value is -0.630. The van der Waals surface area contributed by atoms with Crippen molar-refractivity contribution < 1.29 is 4.79 Å². The molecule has 0 atom stereocenters. The van der Waals surface area contributed by atoms with Gasteiger partial charge < -0.3 is 5.73 Å². The van der Waals surface area contributed by atoms with Crippen LogP contribution in [0.15, 0.2) is 12.7 Å². The zero-order valence-electron chi connectivity index (χ0n) is 7.46. The van der Waals surface area contributed by atoms with Gasteiger partial charge in [-0.25, -0.2) is 0 Å². The summed E-state index contributed by atoms with van der Waals surface area (Å²) in [5.41, 5.74) is 5.74. The van der Waals surface area contributed by atoms with E-state index in [0.717, 1.165) is 25.7 Å². The van der Waals surface area contributed by atoms with E-state index in [-0.39, 0.29) is 5.92 Å². The van der Waals surface area contributed by atoms with Crippen LogP contribution < -0.4 is 5.73 Å². The van der Waals surface area contributed by atoms with Crippen LogP contribution in [0.4, 0.5) is 0 Å². The van der Waals surface area contributed by atoms with E-state index in [1.165, 1.54) is 0 Å². The lowest BCUT2D eigenvalue weighted by atomic mass is 9.83. The van der Waals surface area contributed by atoms with E-state index in [2.05, 4.69) is 6.58 Å². The summed E-state index contributed by atoms with van der Waals surface area (Å²) < 4.78 is 0. The fourth-order valence-electron chi connectivity index (χ4n) is 1.75. The van der Waals surface area contributed by atoms with E-state index in [1.807, 2.05) is 0 Å². The highest BCUT2D eigenvalue weighted by Gasteiger charge is 2.23. The van der Waals surface area contributed by atoms with Crippen LogP contribution in [0.3, 0.4) is 0 Å². The molecule has 0 bridgehead atoms. The highest BCUT2D eigenvalue weighted by molar-refractivity contribution is 5.82. The van der Waals surface area contributed by atoms with Gasteiger partial charge in [0.05, 0.1) is 0 Å². The first-order valence-electron chi connectivity index (χ1n) is 4.63. The molecule has 1 aliphatic rings. The molecule has 1 saturated carbocycles. The van der Waals surface area contributed by atoms with Gasteiger partial charge >= 0.3 is 0 Å². The summed E-state index contributed by atoms with van der Waals surface area (Å²) in [6, 6.07) is 0.331. The average molecular weight is 167 g/mol. The Bertz CT molecular complexity index is 169. The van der Waals surface area contributed by atoms with Crippen LogP contribution in [0, 0.1) is 5.92 Å². The van der Waals surface area contributed by atoms with Gasteiger partial charge in [-0.3, -0.25) is 4.79 Å². The third-order valence-electron chi connectivity index (χ3n) is 2.57. The summed E-state index contributed by atoms with van der Waals surface area (Å²) in [4.78, 5) is 11.4. The standard InChI is InChI=1S/C10H17NO/c1-2-3-10(12)8-4-6-9(11)7-5-8/h2,8-9H,1,3-7,11H2. The molecule has 1 rings (SSSR count). The van der Waals surface area contributed by atoms with Crippen molar-refractivity contribution in [2.24, 2.45) is 11.7 Å². The van der Waals surface area contributed by atoms with Gasteiger partial charge in [0.25, 0.3) is 0 Å². The van der Waals surface area contributed by atoms with Crippen LogP contribution in [0.2, 0.25) is 0 Å². The van der Waals surface area contributed by atoms with Gasteiger partial charge in [-0.15, -0.1) is 6.58 Å². The maximum Gasteiger partial charge on any atom is 0.139 e. The van der Waals surface area contributed by atoms with Gasteiger partial charge in [-0.05, 0) is 25.7 Å². The highest BCUT2D eigenvalue weighted by atomic mass is 16.1. The minimum atomic E-state index is 0.266. The second-order valence-electron chi connectivity index (χ2n) is 3.57. The van der Waals surface area contributed by atoms with Gasteiger partial charge in [0, 0.05) is 18.4 Å². The van der Waals surface area contributed by atoms with E-state index < -0.39 is 0 Å². The van der Waals surface area contributed by atoms with Crippen molar-refractivity contribution in [1.29, 1.82) is 0 Å². The molecule has 0 aromatic rings. The smallest absolute Gasteiger partial charge is 0.139 e. The third kappa shape index (κ3) is 2.45. The van der Waals surface area contributed by atoms with Gasteiger partial charge in [0.15, 0.2) is 0 Å². The molecule has 0 amide bonds. The molecule has 2 nitrogen and oxygen atoms in total. The maximum absolute atomic E-state index is 11.4. The third-order valence-corrected chi connectivity index (χ3v) is 2.57. The minimum Gasteiger partial charge on any atom is -0.328 e. The SMILES string of the molecule is C=CCC(=O)C1CCC(N)CC1. The minimum absolute atomic E-state index is 0.266. The number of ketones is 1. The summed E-state index contributed by atoms with van der Waals surface area (Å²) in [6.07, 6.45) is 6.19. The molecular weight excluding hydrogens is 150 g/mol. The number of hydrogen-bond donors (Lipinski definition) is 1. The lowest BCUT2D eigenvalue weighted by Crippen LogP contribution is -2.29. The van der Waals surface area contributed by atoms with Crippen molar-refractivity contribution in [2.75, 3.05) is 0 Å². The molecule has 1 fully saturated rings. The van der Waals surface area contributed by atoms with Crippen molar-refractivity contribution >= 4 is 5.78 Å². The van der Waals surface area contributed by atoms with Crippen LogP contribution in [0.1, 0.15) is 32.1 Å². The van der Waals surface area contributed by atoms with Crippen LogP contribution >= 0.6 is 0 Å². The van der Waals surface area contributed by atoms with E-state index in [1.54, 1.807) is 6.08 Å². The molecule has 0 aromatic carbocycles. The van der Waals surface area contributed by atoms with Crippen LogP contribution in [0.5, 0.6) is 0 Å². The first-order chi connectivity index (χ1) is 5.74. The molecule has 0 saturated heterocycles. The van der Waals surface area contributed by atoms with Crippen LogP contribution in [-0.4, -0.2) is 11.8 Å². The predicted octanol–water partition coefficient (Wildman–Crippen LogP) is 1.65. The van der Waals surface area contributed by atoms with Gasteiger partial charge in [-0.2, -0.15) is 0 Å². The Balaban J connectivity index is 2.33. The Morgan fingerprint density at radius 3 is 2.50 bits per heavy atom. The van der Waals surface area contributed by atoms with E-state index in [4.69, 9.17) is 5.73 Å². The number of rotatable bonds is 3. The van der Waals surface area contributed by atoms with Gasteiger partial charge in [0.2, 0.25) is 0 Å². The van der Waals surface area contributed by atoms with Gasteiger partial charge in [-0.1, -0.05) is 6.08 Å². The molecular formula is C10H17NO. The fraction of sp³-hybridized carbons (Fsp3) is 0.700. The summed E-state index contributed by atoms with van der Waals surface area (Å²) in [6.45, 7) is 3.56. The van der Waals surface area contributed by atoms with E-state index in [9.17, 15) is 4.79 Å². The quantitative estimate of drug-likeness (QED) is 0.649. The summed E-state index contributed by atoms with van der Waals surface area (Å²) in [5, 5.41) is 0. The topological polar surface area (TPSA) is 43.1 Å². The first-order valence-corrected chi connectivity index (χ1v) is 4.63. The summed E-state index contributed by atoms with van der Waals surface area (Å²) >= 11 is 0. The number of nitrogens with two attached hydrogens (primary N) is 1. The Kier molecular flexibility index (Phi) is 3.48. The second-order valence-corrected chi connectivity index (χ2v) is 3.57. The lowest BCUT2D eigenvalue weighted by molar-refractivity contribution is -0.123. The molecule has 12 heavy (non-hydrogen) atoms. The zero-order chi connectivity index (χ0) is 8.97. The molecule has 0 heterocycles. The zero-order valence-corrected chi connectivity index (χ0v) is 7.46. The van der Waals surface area contributed by atoms with Crippen molar-refractivity contribution in [3.8, 4) is 0 Å². The number of allylic oxidation sites excluding steroid dienone is 1. The molecule has 68 valence electrons. The monoisotopic (exact) mass is 167 g/mol. The highest BCUT2D eigenvalue weighted by Crippen LogP contribution is 2.24. The molecule has 0 unspecified atom stereocenters. The Morgan fingerprint density at radius 2 is 2.00 bits per heavy atom. The number of Topliss-reactive ketones (excluding diaryl/α,β-unsaturated/α-hetero) is 1. The van der Waals surface area contributed by atoms with Crippen molar-refractivity contribution in [1.82, 2.24) is 0 Å². The Labute approximate surface area is 73.8 Å². The fourth-order valence-corrected chi connectivity index (χ4v) is 1.75.